The van der Waals surface area contributed by atoms with Crippen molar-refractivity contribution in [3.8, 4) is 16.9 Å². The lowest BCUT2D eigenvalue weighted by molar-refractivity contribution is 0.0698. The molecule has 3 N–H and O–H groups in total. The van der Waals surface area contributed by atoms with Crippen molar-refractivity contribution in [2.75, 3.05) is 5.32 Å². The van der Waals surface area contributed by atoms with Crippen LogP contribution in [0.5, 0.6) is 5.75 Å². The van der Waals surface area contributed by atoms with Gasteiger partial charge >= 0.3 is 5.97 Å². The third kappa shape index (κ3) is 3.50. The van der Waals surface area contributed by atoms with Crippen molar-refractivity contribution in [2.45, 2.75) is 0 Å². The number of carbonyl (C=O) groups excluding carboxylic acids is 1. The van der Waals surface area contributed by atoms with Gasteiger partial charge in [0, 0.05) is 11.1 Å². The predicted molar refractivity (Wildman–Crippen MR) is 94.9 cm³/mol. The molecule has 0 radical (unpaired) electrons. The molecule has 25 heavy (non-hydrogen) atoms. The molecule has 0 aliphatic carbocycles. The number of aromatic hydroxyl groups is 1. The van der Waals surface area contributed by atoms with Gasteiger partial charge in [-0.05, 0) is 35.9 Å². The van der Waals surface area contributed by atoms with E-state index in [0.717, 1.165) is 0 Å². The summed E-state index contributed by atoms with van der Waals surface area (Å²) >= 11 is 0. The van der Waals surface area contributed by atoms with Crippen LogP contribution in [0.3, 0.4) is 0 Å². The van der Waals surface area contributed by atoms with Crippen molar-refractivity contribution >= 4 is 17.6 Å². The van der Waals surface area contributed by atoms with E-state index in [9.17, 15) is 19.8 Å². The first-order valence-corrected chi connectivity index (χ1v) is 7.58. The third-order valence-electron chi connectivity index (χ3n) is 3.75. The average Bonchev–Trinajstić information content (AvgIpc) is 2.62. The highest BCUT2D eigenvalue weighted by Crippen LogP contribution is 2.32. The van der Waals surface area contributed by atoms with Gasteiger partial charge < -0.3 is 15.5 Å². The number of para-hydroxylation sites is 1. The quantitative estimate of drug-likeness (QED) is 0.673. The Morgan fingerprint density at radius 1 is 0.840 bits per heavy atom. The van der Waals surface area contributed by atoms with Crippen LogP contribution in [0.2, 0.25) is 0 Å². The smallest absolute Gasteiger partial charge is 0.337 e. The van der Waals surface area contributed by atoms with Gasteiger partial charge in [-0.15, -0.1) is 0 Å². The number of anilines is 1. The molecule has 0 aromatic heterocycles. The zero-order valence-corrected chi connectivity index (χ0v) is 13.1. The summed E-state index contributed by atoms with van der Waals surface area (Å²) in [6, 6.07) is 19.8. The zero-order valence-electron chi connectivity index (χ0n) is 13.1. The van der Waals surface area contributed by atoms with Crippen molar-refractivity contribution in [3.05, 3.63) is 83.9 Å². The van der Waals surface area contributed by atoms with Crippen LogP contribution in [0, 0.1) is 0 Å². The summed E-state index contributed by atoms with van der Waals surface area (Å²) in [6.45, 7) is 0. The van der Waals surface area contributed by atoms with E-state index in [2.05, 4.69) is 5.32 Å². The highest BCUT2D eigenvalue weighted by molar-refractivity contribution is 6.08. The number of carbonyl (C=O) groups is 2. The number of rotatable bonds is 4. The largest absolute Gasteiger partial charge is 0.507 e. The van der Waals surface area contributed by atoms with E-state index in [-0.39, 0.29) is 17.0 Å². The maximum Gasteiger partial charge on any atom is 0.337 e. The zero-order chi connectivity index (χ0) is 17.8. The number of amides is 1. The first kappa shape index (κ1) is 16.3. The Labute approximate surface area is 144 Å². The lowest BCUT2D eigenvalue weighted by Gasteiger charge is -2.12. The second kappa shape index (κ2) is 6.88. The number of hydrogen-bond donors (Lipinski definition) is 3. The normalized spacial score (nSPS) is 10.2. The van der Waals surface area contributed by atoms with E-state index in [0.29, 0.717) is 16.7 Å². The molecule has 3 aromatic rings. The summed E-state index contributed by atoms with van der Waals surface area (Å²) in [4.78, 5) is 23.8. The Morgan fingerprint density at radius 2 is 1.52 bits per heavy atom. The van der Waals surface area contributed by atoms with Crippen LogP contribution in [0.1, 0.15) is 20.7 Å². The molecule has 5 nitrogen and oxygen atoms in total. The molecule has 0 saturated heterocycles. The van der Waals surface area contributed by atoms with Crippen molar-refractivity contribution < 1.29 is 19.8 Å². The minimum Gasteiger partial charge on any atom is -0.507 e. The first-order valence-electron chi connectivity index (χ1n) is 7.58. The van der Waals surface area contributed by atoms with E-state index in [1.807, 2.05) is 0 Å². The third-order valence-corrected chi connectivity index (χ3v) is 3.75. The fourth-order valence-electron chi connectivity index (χ4n) is 2.50. The van der Waals surface area contributed by atoms with Crippen LogP contribution in [0.15, 0.2) is 72.8 Å². The molecule has 0 bridgehead atoms. The average molecular weight is 333 g/mol. The number of nitrogens with one attached hydrogen (secondary N) is 1. The Balaban J connectivity index is 2.01. The summed E-state index contributed by atoms with van der Waals surface area (Å²) in [5.41, 5.74) is 1.72. The SMILES string of the molecule is O=C(Nc1cc(-c2ccccc2O)ccc1C(=O)O)c1ccccc1. The number of carboxylic acids is 1. The molecule has 1 amide bonds. The van der Waals surface area contributed by atoms with Gasteiger partial charge in [0.2, 0.25) is 0 Å². The number of phenolic OH excluding ortho intramolecular Hbond substituents is 1. The van der Waals surface area contributed by atoms with Crippen molar-refractivity contribution in [2.24, 2.45) is 0 Å². The molecule has 124 valence electrons. The lowest BCUT2D eigenvalue weighted by atomic mass is 10.0. The molecule has 0 fully saturated rings. The summed E-state index contributed by atoms with van der Waals surface area (Å²) in [5, 5.41) is 22.0. The van der Waals surface area contributed by atoms with Gasteiger partial charge in [0.15, 0.2) is 0 Å². The second-order valence-electron chi connectivity index (χ2n) is 5.40. The molecule has 0 unspecified atom stereocenters. The van der Waals surface area contributed by atoms with Gasteiger partial charge in [0.05, 0.1) is 11.3 Å². The van der Waals surface area contributed by atoms with E-state index in [4.69, 9.17) is 0 Å². The second-order valence-corrected chi connectivity index (χ2v) is 5.40. The predicted octanol–water partition coefficient (Wildman–Crippen LogP) is 4.01. The fourth-order valence-corrected chi connectivity index (χ4v) is 2.50. The van der Waals surface area contributed by atoms with Gasteiger partial charge in [-0.3, -0.25) is 4.79 Å². The lowest BCUT2D eigenvalue weighted by Crippen LogP contribution is -2.14. The van der Waals surface area contributed by atoms with Gasteiger partial charge in [0.25, 0.3) is 5.91 Å². The highest BCUT2D eigenvalue weighted by Gasteiger charge is 2.15. The minimum absolute atomic E-state index is 0.0246. The molecule has 0 saturated carbocycles. The summed E-state index contributed by atoms with van der Waals surface area (Å²) in [6.07, 6.45) is 0. The topological polar surface area (TPSA) is 86.6 Å². The van der Waals surface area contributed by atoms with E-state index in [1.165, 1.54) is 6.07 Å². The van der Waals surface area contributed by atoms with Crippen LogP contribution in [-0.2, 0) is 0 Å². The molecule has 5 heteroatoms. The molecule has 0 aliphatic heterocycles. The van der Waals surface area contributed by atoms with Crippen LogP contribution in [0.4, 0.5) is 5.69 Å². The van der Waals surface area contributed by atoms with Crippen molar-refractivity contribution in [1.82, 2.24) is 0 Å². The maximum atomic E-state index is 12.4. The Hall–Kier alpha value is -3.60. The van der Waals surface area contributed by atoms with Crippen LogP contribution >= 0.6 is 0 Å². The van der Waals surface area contributed by atoms with Gasteiger partial charge in [-0.25, -0.2) is 4.79 Å². The fraction of sp³-hybridized carbons (Fsp3) is 0. The van der Waals surface area contributed by atoms with E-state index < -0.39 is 11.9 Å². The number of phenols is 1. The molecule has 3 aromatic carbocycles. The summed E-state index contributed by atoms with van der Waals surface area (Å²) in [5.74, 6) is -1.48. The van der Waals surface area contributed by atoms with E-state index >= 15 is 0 Å². The summed E-state index contributed by atoms with van der Waals surface area (Å²) < 4.78 is 0. The summed E-state index contributed by atoms with van der Waals surface area (Å²) in [7, 11) is 0. The molecule has 0 heterocycles. The van der Waals surface area contributed by atoms with E-state index in [1.54, 1.807) is 66.7 Å². The number of benzene rings is 3. The molecule has 3 rings (SSSR count). The Bertz CT molecular complexity index is 935. The van der Waals surface area contributed by atoms with Crippen molar-refractivity contribution in [3.63, 3.8) is 0 Å². The van der Waals surface area contributed by atoms with Gasteiger partial charge in [-0.2, -0.15) is 0 Å². The minimum atomic E-state index is -1.15. The van der Waals surface area contributed by atoms with Gasteiger partial charge in [0.1, 0.15) is 5.75 Å². The molecule has 0 spiro atoms. The molecular formula is C20H15NO4. The molecule has 0 aliphatic rings. The monoisotopic (exact) mass is 333 g/mol. The maximum absolute atomic E-state index is 12.4. The van der Waals surface area contributed by atoms with Gasteiger partial charge in [-0.1, -0.05) is 42.5 Å². The Morgan fingerprint density at radius 3 is 2.20 bits per heavy atom. The number of hydrogen-bond acceptors (Lipinski definition) is 3. The molecular weight excluding hydrogens is 318 g/mol. The van der Waals surface area contributed by atoms with Crippen LogP contribution in [0.25, 0.3) is 11.1 Å². The first-order chi connectivity index (χ1) is 12.1. The van der Waals surface area contributed by atoms with Crippen molar-refractivity contribution in [1.29, 1.82) is 0 Å². The standard InChI is InChI=1S/C20H15NO4/c22-18-9-5-4-8-15(18)14-10-11-16(20(24)25)17(12-14)21-19(23)13-6-2-1-3-7-13/h1-12,22H,(H,21,23)(H,24,25). The number of aromatic carboxylic acids is 1. The Kier molecular flexibility index (Phi) is 4.48. The van der Waals surface area contributed by atoms with Crippen LogP contribution in [-0.4, -0.2) is 22.1 Å². The van der Waals surface area contributed by atoms with Crippen LogP contribution < -0.4 is 5.32 Å². The molecule has 0 atom stereocenters. The highest BCUT2D eigenvalue weighted by atomic mass is 16.4. The number of carboxylic acid groups (broad SMARTS) is 1.